The second kappa shape index (κ2) is 13.3. The maximum atomic E-state index is 9.64. The monoisotopic (exact) mass is 664 g/mol. The molecule has 0 spiro atoms. The van der Waals surface area contributed by atoms with E-state index in [1.54, 1.807) is 17.0 Å². The fraction of sp³-hybridized carbons (Fsp3) is 0. The minimum Gasteiger partial charge on any atom is -0.310 e. The lowest BCUT2D eigenvalue weighted by atomic mass is 9.94. The molecule has 0 bridgehead atoms. The number of fused-ring (bicyclic) bond motifs is 2. The molecule has 0 heterocycles. The van der Waals surface area contributed by atoms with Crippen molar-refractivity contribution in [2.45, 2.75) is 0 Å². The van der Waals surface area contributed by atoms with Crippen molar-refractivity contribution in [1.29, 1.82) is 0 Å². The highest BCUT2D eigenvalue weighted by molar-refractivity contribution is 5.99. The summed E-state index contributed by atoms with van der Waals surface area (Å²) < 4.78 is 135. The summed E-state index contributed by atoms with van der Waals surface area (Å²) in [7, 11) is 0. The predicted molar refractivity (Wildman–Crippen MR) is 218 cm³/mol. The third-order valence-corrected chi connectivity index (χ3v) is 8.71. The lowest BCUT2D eigenvalue weighted by molar-refractivity contribution is 1.28. The van der Waals surface area contributed by atoms with Gasteiger partial charge in [-0.05, 0) is 103 Å². The molecule has 0 atom stereocenters. The van der Waals surface area contributed by atoms with Gasteiger partial charge in [0.05, 0.1) is 26.2 Å². The van der Waals surface area contributed by atoms with Crippen molar-refractivity contribution >= 4 is 38.6 Å². The van der Waals surface area contributed by atoms with Crippen LogP contribution in [0.15, 0.2) is 212 Å². The summed E-state index contributed by atoms with van der Waals surface area (Å²) in [5, 5.41) is 1.18. The summed E-state index contributed by atoms with van der Waals surface area (Å²) in [5.74, 6) is 0. The van der Waals surface area contributed by atoms with Crippen LogP contribution in [0, 0.1) is 0 Å². The molecule has 0 aliphatic carbocycles. The molecule has 0 amide bonds. The molecule has 240 valence electrons. The number of para-hydroxylation sites is 1. The fourth-order valence-corrected chi connectivity index (χ4v) is 6.23. The topological polar surface area (TPSA) is 3.24 Å². The Morgan fingerprint density at radius 2 is 1.06 bits per heavy atom. The number of rotatable bonds is 7. The Kier molecular flexibility index (Phi) is 4.79. The van der Waals surface area contributed by atoms with Crippen LogP contribution in [-0.2, 0) is 0 Å². The lowest BCUT2D eigenvalue weighted by Gasteiger charge is -2.28. The summed E-state index contributed by atoms with van der Waals surface area (Å²) in [6.07, 6.45) is 0. The second-order valence-corrected chi connectivity index (χ2v) is 11.8. The number of hydrogen-bond acceptors (Lipinski definition) is 1. The van der Waals surface area contributed by atoms with Gasteiger partial charge in [0.15, 0.2) is 0 Å². The van der Waals surface area contributed by atoms with Gasteiger partial charge in [0.1, 0.15) is 0 Å². The summed E-state index contributed by atoms with van der Waals surface area (Å²) in [4.78, 5) is 1.63. The van der Waals surface area contributed by atoms with Crippen molar-refractivity contribution in [3.63, 3.8) is 0 Å². The number of anilines is 3. The molecule has 9 aromatic rings. The number of nitrogens with zero attached hydrogens (tertiary/aromatic N) is 1. The first-order chi connectivity index (χ1) is 31.5. The average Bonchev–Trinajstić information content (AvgIpc) is 3.33. The third kappa shape index (κ3) is 5.96. The molecule has 9 aromatic carbocycles. The SMILES string of the molecule is [2H]c1c([2H])c([2H])c(-c2c([2H])c([2H])c([2H])c3c([2H])c([2H])c(-c4c([2H])c([2H])c(N(c5ccc(-c6ccc7ccccc7c6)cc5)c5ccccc5-c5ccccc5)c([2H])c4[2H])c([2H])c23)c([2H])c1[2H]. The van der Waals surface area contributed by atoms with Gasteiger partial charge in [-0.15, -0.1) is 0 Å². The van der Waals surface area contributed by atoms with E-state index in [9.17, 15) is 8.22 Å². The third-order valence-electron chi connectivity index (χ3n) is 8.71. The molecular weight excluding hydrogens is 615 g/mol. The highest BCUT2D eigenvalue weighted by Crippen LogP contribution is 2.42. The van der Waals surface area contributed by atoms with Crippen LogP contribution in [0.4, 0.5) is 17.1 Å². The van der Waals surface area contributed by atoms with Crippen molar-refractivity contribution in [2.24, 2.45) is 0 Å². The Labute approximate surface area is 320 Å². The zero-order valence-corrected chi connectivity index (χ0v) is 27.0. The Balaban J connectivity index is 1.31. The Bertz CT molecular complexity index is 3420. The van der Waals surface area contributed by atoms with Gasteiger partial charge in [0.25, 0.3) is 0 Å². The van der Waals surface area contributed by atoms with Crippen LogP contribution < -0.4 is 4.90 Å². The molecular formula is C50H35N. The standard InChI is InChI=1S/C50H35N/c1-3-13-39(14-4-1)47-20-11-18-41-23-25-44(35-49(41)47)38-28-32-46(33-29-38)51(50-21-10-9-19-48(50)40-15-5-2-6-16-40)45-30-26-37(27-31-45)43-24-22-36-12-7-8-17-42(36)34-43/h1-35H/i1D,3D,4D,11D,13D,14D,18D,20D,23D,25D,28D,29D,32D,33D,35D. The Morgan fingerprint density at radius 1 is 0.353 bits per heavy atom. The van der Waals surface area contributed by atoms with Crippen molar-refractivity contribution in [2.75, 3.05) is 4.90 Å². The van der Waals surface area contributed by atoms with Gasteiger partial charge in [-0.1, -0.05) is 170 Å². The number of hydrogen-bond donors (Lipinski definition) is 0. The molecule has 9 rings (SSSR count). The van der Waals surface area contributed by atoms with E-state index < -0.39 is 124 Å². The maximum absolute atomic E-state index is 9.64. The first-order valence-corrected chi connectivity index (χ1v) is 16.3. The van der Waals surface area contributed by atoms with Crippen molar-refractivity contribution in [3.05, 3.63) is 212 Å². The van der Waals surface area contributed by atoms with Crippen molar-refractivity contribution in [1.82, 2.24) is 0 Å². The van der Waals surface area contributed by atoms with Crippen LogP contribution in [0.3, 0.4) is 0 Å². The predicted octanol–water partition coefficient (Wildman–Crippen LogP) is 14.1. The van der Waals surface area contributed by atoms with E-state index in [4.69, 9.17) is 12.3 Å². The molecule has 0 saturated carbocycles. The molecule has 51 heavy (non-hydrogen) atoms. The quantitative estimate of drug-likeness (QED) is 0.164. The smallest absolute Gasteiger partial charge is 0.0645 e. The number of benzene rings is 9. The summed E-state index contributed by atoms with van der Waals surface area (Å²) in [6.45, 7) is 0. The zero-order valence-electron chi connectivity index (χ0n) is 42.0. The molecule has 0 fully saturated rings. The second-order valence-electron chi connectivity index (χ2n) is 11.8. The van der Waals surface area contributed by atoms with Gasteiger partial charge in [-0.25, -0.2) is 0 Å². The summed E-state index contributed by atoms with van der Waals surface area (Å²) in [6, 6.07) is 27.5. The van der Waals surface area contributed by atoms with Gasteiger partial charge < -0.3 is 4.90 Å². The maximum Gasteiger partial charge on any atom is 0.0645 e. The van der Waals surface area contributed by atoms with Gasteiger partial charge in [0.2, 0.25) is 0 Å². The molecule has 0 N–H and O–H groups in total. The van der Waals surface area contributed by atoms with Crippen LogP contribution in [0.2, 0.25) is 0 Å². The van der Waals surface area contributed by atoms with Gasteiger partial charge >= 0.3 is 0 Å². The molecule has 1 nitrogen and oxygen atoms in total. The zero-order chi connectivity index (χ0) is 47.0. The molecule has 0 aliphatic rings. The van der Waals surface area contributed by atoms with E-state index in [0.717, 1.165) is 27.5 Å². The minimum absolute atomic E-state index is 0.166. The molecule has 0 radical (unpaired) electrons. The van der Waals surface area contributed by atoms with Crippen molar-refractivity contribution < 1.29 is 20.6 Å². The largest absolute Gasteiger partial charge is 0.310 e. The van der Waals surface area contributed by atoms with Gasteiger partial charge in [0, 0.05) is 16.9 Å². The minimum atomic E-state index is -0.781. The molecule has 0 unspecified atom stereocenters. The van der Waals surface area contributed by atoms with E-state index in [1.165, 1.54) is 0 Å². The van der Waals surface area contributed by atoms with Gasteiger partial charge in [-0.3, -0.25) is 0 Å². The van der Waals surface area contributed by atoms with E-state index in [0.29, 0.717) is 16.9 Å². The average molecular weight is 665 g/mol. The van der Waals surface area contributed by atoms with Crippen LogP contribution >= 0.6 is 0 Å². The van der Waals surface area contributed by atoms with E-state index in [1.807, 2.05) is 103 Å². The van der Waals surface area contributed by atoms with Crippen LogP contribution in [0.5, 0.6) is 0 Å². The van der Waals surface area contributed by atoms with Crippen LogP contribution in [0.1, 0.15) is 20.6 Å². The van der Waals surface area contributed by atoms with Crippen LogP contribution in [0.25, 0.3) is 66.1 Å². The summed E-state index contributed by atoms with van der Waals surface area (Å²) in [5.41, 5.74) is 1.96. The lowest BCUT2D eigenvalue weighted by Crippen LogP contribution is -2.11. The summed E-state index contributed by atoms with van der Waals surface area (Å²) >= 11 is 0. The first-order valence-electron chi connectivity index (χ1n) is 23.8. The van der Waals surface area contributed by atoms with Crippen LogP contribution in [-0.4, -0.2) is 0 Å². The molecule has 0 aliphatic heterocycles. The molecule has 0 aromatic heterocycles. The Hall–Kier alpha value is -6.70. The molecule has 0 saturated heterocycles. The van der Waals surface area contributed by atoms with Crippen molar-refractivity contribution in [3.8, 4) is 44.5 Å². The normalized spacial score (nSPS) is 15.3. The van der Waals surface area contributed by atoms with Gasteiger partial charge in [-0.2, -0.15) is 0 Å². The highest BCUT2D eigenvalue weighted by Gasteiger charge is 2.17. The Morgan fingerprint density at radius 3 is 1.88 bits per heavy atom. The van der Waals surface area contributed by atoms with E-state index >= 15 is 0 Å². The fourth-order valence-electron chi connectivity index (χ4n) is 6.23. The first kappa shape index (κ1) is 18.3. The van der Waals surface area contributed by atoms with E-state index in [-0.39, 0.29) is 5.69 Å². The van der Waals surface area contributed by atoms with E-state index in [2.05, 4.69) is 6.07 Å². The highest BCUT2D eigenvalue weighted by atomic mass is 15.1. The molecule has 1 heteroatoms.